The van der Waals surface area contributed by atoms with Crippen LogP contribution in [0.3, 0.4) is 0 Å². The SMILES string of the molecule is CCCCCOc1ccc(C2C(C(=O)C=Cc3ccccc3)=C(O)C(=O)N2c2nc(C)c(C(=O)OCC)s2)cc1OC. The van der Waals surface area contributed by atoms with Gasteiger partial charge in [-0.05, 0) is 49.6 Å². The van der Waals surface area contributed by atoms with Crippen molar-refractivity contribution in [2.45, 2.75) is 46.1 Å². The van der Waals surface area contributed by atoms with E-state index >= 15 is 0 Å². The fraction of sp³-hybridized carbons (Fsp3) is 0.312. The van der Waals surface area contributed by atoms with Gasteiger partial charge in [0.05, 0.1) is 37.6 Å². The first-order valence-corrected chi connectivity index (χ1v) is 14.6. The number of ether oxygens (including phenoxy) is 3. The van der Waals surface area contributed by atoms with E-state index in [2.05, 4.69) is 11.9 Å². The Labute approximate surface area is 249 Å². The Morgan fingerprint density at radius 3 is 2.55 bits per heavy atom. The standard InChI is InChI=1S/C32H34N2O7S/c1-5-7-11-18-41-24-17-15-22(19-25(24)39-4)27-26(23(35)16-14-21-12-9-8-10-13-21)28(36)30(37)34(27)32-33-20(3)29(42-32)31(38)40-6-2/h8-10,12-17,19,27,36H,5-7,11,18H2,1-4H3. The van der Waals surface area contributed by atoms with Crippen LogP contribution < -0.4 is 14.4 Å². The number of anilines is 1. The maximum absolute atomic E-state index is 13.6. The number of esters is 1. The zero-order valence-electron chi connectivity index (χ0n) is 24.1. The smallest absolute Gasteiger partial charge is 0.350 e. The molecule has 0 aliphatic carbocycles. The van der Waals surface area contributed by atoms with Crippen LogP contribution in [0.4, 0.5) is 5.13 Å². The number of allylic oxidation sites excluding steroid dienone is 1. The summed E-state index contributed by atoms with van der Waals surface area (Å²) in [5, 5.41) is 11.2. The van der Waals surface area contributed by atoms with Gasteiger partial charge in [-0.25, -0.2) is 9.78 Å². The second-order valence-electron chi connectivity index (χ2n) is 9.55. The number of rotatable bonds is 13. The minimum atomic E-state index is -1.05. The fourth-order valence-corrected chi connectivity index (χ4v) is 5.56. The lowest BCUT2D eigenvalue weighted by Crippen LogP contribution is -2.30. The van der Waals surface area contributed by atoms with Gasteiger partial charge in [0.15, 0.2) is 28.2 Å². The molecule has 10 heteroatoms. The van der Waals surface area contributed by atoms with Crippen molar-refractivity contribution in [3.8, 4) is 11.5 Å². The number of amides is 1. The molecule has 9 nitrogen and oxygen atoms in total. The van der Waals surface area contributed by atoms with Crippen LogP contribution in [0.25, 0.3) is 6.08 Å². The summed E-state index contributed by atoms with van der Waals surface area (Å²) in [4.78, 5) is 45.6. The molecule has 4 rings (SSSR count). The van der Waals surface area contributed by atoms with Crippen molar-refractivity contribution in [1.29, 1.82) is 0 Å². The van der Waals surface area contributed by atoms with E-state index in [0.29, 0.717) is 29.4 Å². The summed E-state index contributed by atoms with van der Waals surface area (Å²) in [6.07, 6.45) is 5.93. The second-order valence-corrected chi connectivity index (χ2v) is 10.5. The average Bonchev–Trinajstić information content (AvgIpc) is 3.51. The number of benzene rings is 2. The lowest BCUT2D eigenvalue weighted by atomic mass is 9.95. The number of nitrogens with zero attached hydrogens (tertiary/aromatic N) is 2. The molecule has 1 atom stereocenters. The van der Waals surface area contributed by atoms with Crippen LogP contribution in [0.15, 0.2) is 65.9 Å². The number of aryl methyl sites for hydroxylation is 1. The van der Waals surface area contributed by atoms with Crippen LogP contribution in [0, 0.1) is 6.92 Å². The van der Waals surface area contributed by atoms with Gasteiger partial charge in [-0.2, -0.15) is 0 Å². The molecule has 0 saturated heterocycles. The second kappa shape index (κ2) is 14.0. The molecule has 1 aliphatic heterocycles. The molecule has 1 N–H and O–H groups in total. The minimum absolute atomic E-state index is 0.114. The number of carbonyl (C=O) groups is 3. The molecule has 1 unspecified atom stereocenters. The summed E-state index contributed by atoms with van der Waals surface area (Å²) >= 11 is 0.958. The Morgan fingerprint density at radius 2 is 1.86 bits per heavy atom. The van der Waals surface area contributed by atoms with Crippen molar-refractivity contribution in [2.75, 3.05) is 25.2 Å². The van der Waals surface area contributed by atoms with Gasteiger partial charge in [0.2, 0.25) is 0 Å². The highest BCUT2D eigenvalue weighted by Gasteiger charge is 2.45. The molecule has 1 aliphatic rings. The van der Waals surface area contributed by atoms with E-state index in [1.165, 1.54) is 18.1 Å². The molecule has 1 amide bonds. The van der Waals surface area contributed by atoms with Crippen LogP contribution in [0.2, 0.25) is 0 Å². The van der Waals surface area contributed by atoms with Gasteiger partial charge in [0, 0.05) is 0 Å². The van der Waals surface area contributed by atoms with Gasteiger partial charge < -0.3 is 19.3 Å². The molecule has 0 fully saturated rings. The minimum Gasteiger partial charge on any atom is -0.503 e. The van der Waals surface area contributed by atoms with Crippen molar-refractivity contribution in [3.05, 3.63) is 87.6 Å². The van der Waals surface area contributed by atoms with E-state index in [1.807, 2.05) is 30.3 Å². The molecule has 0 saturated carbocycles. The van der Waals surface area contributed by atoms with Gasteiger partial charge in [-0.15, -0.1) is 0 Å². The Morgan fingerprint density at radius 1 is 1.10 bits per heavy atom. The number of hydrogen-bond donors (Lipinski definition) is 1. The summed E-state index contributed by atoms with van der Waals surface area (Å²) in [7, 11) is 1.51. The van der Waals surface area contributed by atoms with E-state index < -0.39 is 29.5 Å². The van der Waals surface area contributed by atoms with Crippen molar-refractivity contribution in [1.82, 2.24) is 4.98 Å². The van der Waals surface area contributed by atoms with Crippen LogP contribution in [0.5, 0.6) is 11.5 Å². The molecule has 0 bridgehead atoms. The van der Waals surface area contributed by atoms with Gasteiger partial charge in [-0.3, -0.25) is 14.5 Å². The van der Waals surface area contributed by atoms with Gasteiger partial charge >= 0.3 is 5.97 Å². The van der Waals surface area contributed by atoms with E-state index in [4.69, 9.17) is 14.2 Å². The lowest BCUT2D eigenvalue weighted by Gasteiger charge is -2.25. The summed E-state index contributed by atoms with van der Waals surface area (Å²) in [6.45, 7) is 6.14. The highest BCUT2D eigenvalue weighted by molar-refractivity contribution is 7.17. The van der Waals surface area contributed by atoms with Crippen LogP contribution in [-0.2, 0) is 14.3 Å². The van der Waals surface area contributed by atoms with E-state index in [-0.39, 0.29) is 22.2 Å². The zero-order valence-corrected chi connectivity index (χ0v) is 24.9. The molecule has 3 aromatic rings. The van der Waals surface area contributed by atoms with Crippen LogP contribution in [0.1, 0.15) is 65.6 Å². The Bertz CT molecular complexity index is 1510. The van der Waals surface area contributed by atoms with E-state index in [9.17, 15) is 19.5 Å². The molecular weight excluding hydrogens is 556 g/mol. The number of aliphatic hydroxyl groups excluding tert-OH is 1. The maximum Gasteiger partial charge on any atom is 0.350 e. The number of ketones is 1. The van der Waals surface area contributed by atoms with Gasteiger partial charge in [-0.1, -0.05) is 73.6 Å². The molecular formula is C32H34N2O7S. The average molecular weight is 591 g/mol. The number of hydrogen-bond acceptors (Lipinski definition) is 9. The highest BCUT2D eigenvalue weighted by atomic mass is 32.1. The number of aromatic nitrogens is 1. The molecule has 0 radical (unpaired) electrons. The molecule has 1 aromatic heterocycles. The summed E-state index contributed by atoms with van der Waals surface area (Å²) in [5.74, 6) is -1.67. The third kappa shape index (κ3) is 6.54. The Balaban J connectivity index is 1.78. The first-order valence-electron chi connectivity index (χ1n) is 13.8. The summed E-state index contributed by atoms with van der Waals surface area (Å²) < 4.78 is 16.7. The largest absolute Gasteiger partial charge is 0.503 e. The predicted molar refractivity (Wildman–Crippen MR) is 161 cm³/mol. The molecule has 0 spiro atoms. The number of methoxy groups -OCH3 is 1. The van der Waals surface area contributed by atoms with E-state index in [0.717, 1.165) is 36.2 Å². The van der Waals surface area contributed by atoms with Gasteiger partial charge in [0.25, 0.3) is 5.91 Å². The Kier molecular flexibility index (Phi) is 10.1. The quantitative estimate of drug-likeness (QED) is 0.138. The number of unbranched alkanes of at least 4 members (excludes halogenated alkanes) is 2. The Hall–Kier alpha value is -4.44. The normalized spacial score (nSPS) is 15.0. The van der Waals surface area contributed by atoms with Crippen molar-refractivity contribution >= 4 is 40.2 Å². The monoisotopic (exact) mass is 590 g/mol. The molecule has 42 heavy (non-hydrogen) atoms. The summed E-state index contributed by atoms with van der Waals surface area (Å²) in [5.41, 5.74) is 1.53. The molecule has 2 heterocycles. The topological polar surface area (TPSA) is 115 Å². The third-order valence-corrected chi connectivity index (χ3v) is 7.80. The third-order valence-electron chi connectivity index (χ3n) is 6.66. The number of carbonyl (C=O) groups excluding carboxylic acids is 3. The lowest BCUT2D eigenvalue weighted by molar-refractivity contribution is -0.117. The zero-order chi connectivity index (χ0) is 30.2. The molecule has 2 aromatic carbocycles. The van der Waals surface area contributed by atoms with Crippen molar-refractivity contribution in [2.24, 2.45) is 0 Å². The fourth-order valence-electron chi connectivity index (χ4n) is 4.57. The van der Waals surface area contributed by atoms with Crippen molar-refractivity contribution < 1.29 is 33.7 Å². The first kappa shape index (κ1) is 30.5. The predicted octanol–water partition coefficient (Wildman–Crippen LogP) is 6.39. The number of thiazole rings is 1. The van der Waals surface area contributed by atoms with Crippen molar-refractivity contribution in [3.63, 3.8) is 0 Å². The van der Waals surface area contributed by atoms with E-state index in [1.54, 1.807) is 38.1 Å². The van der Waals surface area contributed by atoms with Crippen LogP contribution in [-0.4, -0.2) is 48.1 Å². The summed E-state index contributed by atoms with van der Waals surface area (Å²) in [6, 6.07) is 13.3. The van der Waals surface area contributed by atoms with Gasteiger partial charge in [0.1, 0.15) is 4.88 Å². The first-order chi connectivity index (χ1) is 20.3. The van der Waals surface area contributed by atoms with Crippen LogP contribution >= 0.6 is 11.3 Å². The maximum atomic E-state index is 13.6. The number of aliphatic hydroxyl groups is 1. The highest BCUT2D eigenvalue weighted by Crippen LogP contribution is 2.45. The molecule has 220 valence electrons.